The zero-order chi connectivity index (χ0) is 20.1. The van der Waals surface area contributed by atoms with Gasteiger partial charge in [0.15, 0.2) is 11.0 Å². The van der Waals surface area contributed by atoms with E-state index in [1.165, 1.54) is 23.9 Å². The third-order valence-electron chi connectivity index (χ3n) is 3.83. The van der Waals surface area contributed by atoms with Crippen LogP contribution in [0.2, 0.25) is 0 Å². The Labute approximate surface area is 167 Å². The number of hydrogen-bond acceptors (Lipinski definition) is 6. The molecule has 2 aromatic carbocycles. The number of aromatic nitrogens is 3. The average molecular weight is 418 g/mol. The van der Waals surface area contributed by atoms with Crippen molar-refractivity contribution in [2.24, 2.45) is 5.73 Å². The van der Waals surface area contributed by atoms with Gasteiger partial charge in [-0.2, -0.15) is 0 Å². The number of hydrogen-bond donors (Lipinski definition) is 2. The molecule has 0 aliphatic rings. The van der Waals surface area contributed by atoms with E-state index in [9.17, 15) is 13.2 Å². The molecule has 0 spiro atoms. The van der Waals surface area contributed by atoms with Gasteiger partial charge >= 0.3 is 0 Å². The Bertz CT molecular complexity index is 1060. The number of rotatable bonds is 8. The van der Waals surface area contributed by atoms with Gasteiger partial charge in [-0.25, -0.2) is 8.42 Å². The van der Waals surface area contributed by atoms with Crippen LogP contribution in [-0.2, 0) is 21.4 Å². The van der Waals surface area contributed by atoms with E-state index < -0.39 is 15.9 Å². The summed E-state index contributed by atoms with van der Waals surface area (Å²) in [4.78, 5) is 11.2. The van der Waals surface area contributed by atoms with Crippen LogP contribution in [0.3, 0.4) is 0 Å². The smallest absolute Gasteiger partial charge is 0.261 e. The second-order valence-corrected chi connectivity index (χ2v) is 8.43. The fraction of sp³-hybridized carbons (Fsp3) is 0.167. The Morgan fingerprint density at radius 3 is 2.39 bits per heavy atom. The summed E-state index contributed by atoms with van der Waals surface area (Å²) in [7, 11) is -3.65. The molecule has 10 heteroatoms. The summed E-state index contributed by atoms with van der Waals surface area (Å²) < 4.78 is 29.2. The minimum atomic E-state index is -3.65. The van der Waals surface area contributed by atoms with E-state index >= 15 is 0 Å². The normalized spacial score (nSPS) is 11.3. The summed E-state index contributed by atoms with van der Waals surface area (Å²) in [6, 6.07) is 15.0. The van der Waals surface area contributed by atoms with Crippen LogP contribution >= 0.6 is 11.8 Å². The van der Waals surface area contributed by atoms with E-state index in [1.807, 2.05) is 11.5 Å². The molecule has 28 heavy (non-hydrogen) atoms. The second-order valence-electron chi connectivity index (χ2n) is 5.80. The van der Waals surface area contributed by atoms with Crippen LogP contribution in [0.15, 0.2) is 64.6 Å². The van der Waals surface area contributed by atoms with Crippen LogP contribution < -0.4 is 10.5 Å². The standard InChI is InChI=1S/C18H19N5O3S2/c1-2-23-17(20-21-18(23)27-12-16(19)24)13-8-10-14(11-9-13)22-28(25,26)15-6-4-3-5-7-15/h3-11,22H,2,12H2,1H3,(H2,19,24). The number of nitrogens with two attached hydrogens (primary N) is 1. The predicted molar refractivity (Wildman–Crippen MR) is 108 cm³/mol. The lowest BCUT2D eigenvalue weighted by Crippen LogP contribution is -2.13. The van der Waals surface area contributed by atoms with Gasteiger partial charge in [-0.3, -0.25) is 9.52 Å². The first kappa shape index (κ1) is 19.9. The molecular weight excluding hydrogens is 398 g/mol. The van der Waals surface area contributed by atoms with E-state index in [4.69, 9.17) is 5.73 Å². The highest BCUT2D eigenvalue weighted by molar-refractivity contribution is 7.99. The Kier molecular flexibility index (Phi) is 6.00. The van der Waals surface area contributed by atoms with Gasteiger partial charge in [0.2, 0.25) is 5.91 Å². The number of carbonyl (C=O) groups excluding carboxylic acids is 1. The summed E-state index contributed by atoms with van der Waals surface area (Å²) in [5.74, 6) is 0.331. The SMILES string of the molecule is CCn1c(SCC(N)=O)nnc1-c1ccc(NS(=O)(=O)c2ccccc2)cc1. The third kappa shape index (κ3) is 4.52. The number of nitrogens with zero attached hydrogens (tertiary/aromatic N) is 3. The number of anilines is 1. The maximum atomic E-state index is 12.4. The molecule has 0 bridgehead atoms. The van der Waals surface area contributed by atoms with Gasteiger partial charge in [0.25, 0.3) is 10.0 Å². The number of nitrogens with one attached hydrogen (secondary N) is 1. The van der Waals surface area contributed by atoms with Gasteiger partial charge in [0.05, 0.1) is 10.6 Å². The molecule has 0 aliphatic heterocycles. The van der Waals surface area contributed by atoms with Crippen molar-refractivity contribution < 1.29 is 13.2 Å². The molecule has 0 atom stereocenters. The lowest BCUT2D eigenvalue weighted by Gasteiger charge is -2.10. The van der Waals surface area contributed by atoms with E-state index in [-0.39, 0.29) is 10.6 Å². The summed E-state index contributed by atoms with van der Waals surface area (Å²) >= 11 is 1.23. The molecule has 1 aromatic heterocycles. The minimum absolute atomic E-state index is 0.123. The first-order valence-electron chi connectivity index (χ1n) is 8.43. The van der Waals surface area contributed by atoms with Crippen molar-refractivity contribution in [2.45, 2.75) is 23.5 Å². The van der Waals surface area contributed by atoms with Crippen molar-refractivity contribution in [2.75, 3.05) is 10.5 Å². The molecule has 146 valence electrons. The molecule has 3 rings (SSSR count). The second kappa shape index (κ2) is 8.44. The van der Waals surface area contributed by atoms with Crippen molar-refractivity contribution in [1.82, 2.24) is 14.8 Å². The van der Waals surface area contributed by atoms with Gasteiger partial charge < -0.3 is 10.3 Å². The quantitative estimate of drug-likeness (QED) is 0.543. The van der Waals surface area contributed by atoms with Crippen molar-refractivity contribution >= 4 is 33.4 Å². The minimum Gasteiger partial charge on any atom is -0.369 e. The number of amides is 1. The average Bonchev–Trinajstić information content (AvgIpc) is 3.10. The van der Waals surface area contributed by atoms with Crippen LogP contribution in [0.5, 0.6) is 0 Å². The largest absolute Gasteiger partial charge is 0.369 e. The zero-order valence-electron chi connectivity index (χ0n) is 15.1. The number of sulfonamides is 1. The third-order valence-corrected chi connectivity index (χ3v) is 6.21. The van der Waals surface area contributed by atoms with Gasteiger partial charge in [-0.1, -0.05) is 30.0 Å². The van der Waals surface area contributed by atoms with E-state index in [0.717, 1.165) is 5.56 Å². The van der Waals surface area contributed by atoms with Crippen molar-refractivity contribution in [3.63, 3.8) is 0 Å². The molecule has 0 aliphatic carbocycles. The molecule has 0 fully saturated rings. The number of thioether (sulfide) groups is 1. The molecule has 1 amide bonds. The zero-order valence-corrected chi connectivity index (χ0v) is 16.7. The number of benzene rings is 2. The molecule has 0 saturated heterocycles. The molecule has 0 unspecified atom stereocenters. The summed E-state index contributed by atoms with van der Waals surface area (Å²) in [6.07, 6.45) is 0. The highest BCUT2D eigenvalue weighted by Crippen LogP contribution is 2.25. The predicted octanol–water partition coefficient (Wildman–Crippen LogP) is 2.34. The van der Waals surface area contributed by atoms with E-state index in [2.05, 4.69) is 14.9 Å². The van der Waals surface area contributed by atoms with Crippen molar-refractivity contribution in [3.05, 3.63) is 54.6 Å². The Morgan fingerprint density at radius 1 is 1.11 bits per heavy atom. The molecule has 0 saturated carbocycles. The first-order chi connectivity index (χ1) is 13.4. The molecule has 8 nitrogen and oxygen atoms in total. The highest BCUT2D eigenvalue weighted by Gasteiger charge is 2.16. The Morgan fingerprint density at radius 2 is 1.79 bits per heavy atom. The lowest BCUT2D eigenvalue weighted by molar-refractivity contribution is -0.115. The molecule has 1 heterocycles. The molecule has 3 N–H and O–H groups in total. The number of carbonyl (C=O) groups is 1. The maximum absolute atomic E-state index is 12.4. The maximum Gasteiger partial charge on any atom is 0.261 e. The van der Waals surface area contributed by atoms with Crippen LogP contribution in [0.25, 0.3) is 11.4 Å². The van der Waals surface area contributed by atoms with Gasteiger partial charge in [0, 0.05) is 17.8 Å². The number of primary amides is 1. The highest BCUT2D eigenvalue weighted by atomic mass is 32.2. The Hall–Kier alpha value is -2.85. The summed E-state index contributed by atoms with van der Waals surface area (Å²) in [5.41, 5.74) is 6.41. The van der Waals surface area contributed by atoms with Crippen LogP contribution in [0.1, 0.15) is 6.92 Å². The van der Waals surface area contributed by atoms with Gasteiger partial charge in [-0.05, 0) is 43.3 Å². The van der Waals surface area contributed by atoms with E-state index in [1.54, 1.807) is 42.5 Å². The fourth-order valence-electron chi connectivity index (χ4n) is 2.53. The van der Waals surface area contributed by atoms with Crippen LogP contribution in [0, 0.1) is 0 Å². The monoisotopic (exact) mass is 417 g/mol. The van der Waals surface area contributed by atoms with Gasteiger partial charge in [0.1, 0.15) is 0 Å². The lowest BCUT2D eigenvalue weighted by atomic mass is 10.2. The summed E-state index contributed by atoms with van der Waals surface area (Å²) in [5, 5.41) is 8.90. The van der Waals surface area contributed by atoms with Gasteiger partial charge in [-0.15, -0.1) is 10.2 Å². The van der Waals surface area contributed by atoms with Crippen molar-refractivity contribution in [3.8, 4) is 11.4 Å². The van der Waals surface area contributed by atoms with Crippen molar-refractivity contribution in [1.29, 1.82) is 0 Å². The molecular formula is C18H19N5O3S2. The fourth-order valence-corrected chi connectivity index (χ4v) is 4.35. The molecule has 3 aromatic rings. The van der Waals surface area contributed by atoms with Crippen LogP contribution in [0.4, 0.5) is 5.69 Å². The topological polar surface area (TPSA) is 120 Å². The van der Waals surface area contributed by atoms with E-state index in [0.29, 0.717) is 23.2 Å². The Balaban J connectivity index is 1.80. The summed E-state index contributed by atoms with van der Waals surface area (Å²) in [6.45, 7) is 2.56. The molecule has 0 radical (unpaired) electrons. The first-order valence-corrected chi connectivity index (χ1v) is 10.9. The van der Waals surface area contributed by atoms with Crippen LogP contribution in [-0.4, -0.2) is 34.8 Å².